The number of ether oxygens (including phenoxy) is 2. The summed E-state index contributed by atoms with van der Waals surface area (Å²) in [7, 11) is 0. The first kappa shape index (κ1) is 18.8. The summed E-state index contributed by atoms with van der Waals surface area (Å²) in [6.07, 6.45) is 0.110. The third-order valence-corrected chi connectivity index (χ3v) is 4.08. The highest BCUT2D eigenvalue weighted by Gasteiger charge is 2.18. The van der Waals surface area contributed by atoms with Gasteiger partial charge in [-0.2, -0.15) is 0 Å². The number of hydrogen-bond donors (Lipinski definition) is 1. The molecule has 1 N–H and O–H groups in total. The molecule has 0 saturated heterocycles. The molecular weight excluding hydrogens is 314 g/mol. The predicted octanol–water partition coefficient (Wildman–Crippen LogP) is 3.96. The largest absolute Gasteiger partial charge is 0.492 e. The van der Waals surface area contributed by atoms with Gasteiger partial charge in [0.05, 0.1) is 6.54 Å². The fraction of sp³-hybridized carbons (Fsp3) is 0.381. The maximum absolute atomic E-state index is 12.3. The Morgan fingerprint density at radius 1 is 1.04 bits per heavy atom. The molecule has 0 bridgehead atoms. The lowest BCUT2D eigenvalue weighted by molar-refractivity contribution is -0.128. The number of amides is 1. The van der Waals surface area contributed by atoms with Crippen LogP contribution in [0.2, 0.25) is 0 Å². The Morgan fingerprint density at radius 3 is 2.52 bits per heavy atom. The second kappa shape index (κ2) is 9.11. The molecule has 0 aliphatic carbocycles. The minimum atomic E-state index is -0.499. The topological polar surface area (TPSA) is 47.6 Å². The van der Waals surface area contributed by atoms with E-state index in [0.717, 1.165) is 22.6 Å². The summed E-state index contributed by atoms with van der Waals surface area (Å²) in [6.45, 7) is 8.91. The van der Waals surface area contributed by atoms with E-state index in [-0.39, 0.29) is 5.91 Å². The Balaban J connectivity index is 1.80. The molecular formula is C21H27NO3. The first-order valence-electron chi connectivity index (χ1n) is 8.70. The maximum Gasteiger partial charge on any atom is 0.261 e. The number of carbonyl (C=O) groups is 1. The molecule has 2 aromatic carbocycles. The summed E-state index contributed by atoms with van der Waals surface area (Å²) in [6, 6.07) is 13.7. The Labute approximate surface area is 150 Å². The normalized spacial score (nSPS) is 11.7. The second-order valence-corrected chi connectivity index (χ2v) is 6.22. The molecule has 134 valence electrons. The first-order chi connectivity index (χ1) is 12.0. The number of carbonyl (C=O) groups excluding carboxylic acids is 1. The molecule has 0 fully saturated rings. The van der Waals surface area contributed by atoms with Crippen molar-refractivity contribution in [3.63, 3.8) is 0 Å². The van der Waals surface area contributed by atoms with Gasteiger partial charge in [0, 0.05) is 0 Å². The SMILES string of the molecule is CC[C@H](Oc1ccc(C)c(C)c1)C(=O)NCCOc1cccc(C)c1. The smallest absolute Gasteiger partial charge is 0.261 e. The summed E-state index contributed by atoms with van der Waals surface area (Å²) in [5.74, 6) is 1.42. The zero-order valence-electron chi connectivity index (χ0n) is 15.5. The summed E-state index contributed by atoms with van der Waals surface area (Å²) < 4.78 is 11.5. The van der Waals surface area contributed by atoms with Gasteiger partial charge in [0.15, 0.2) is 6.10 Å². The second-order valence-electron chi connectivity index (χ2n) is 6.22. The van der Waals surface area contributed by atoms with Gasteiger partial charge in [-0.05, 0) is 68.1 Å². The van der Waals surface area contributed by atoms with Gasteiger partial charge < -0.3 is 14.8 Å². The van der Waals surface area contributed by atoms with Crippen molar-refractivity contribution in [2.75, 3.05) is 13.2 Å². The zero-order valence-corrected chi connectivity index (χ0v) is 15.5. The van der Waals surface area contributed by atoms with Gasteiger partial charge in [0.1, 0.15) is 18.1 Å². The van der Waals surface area contributed by atoms with Crippen molar-refractivity contribution in [2.45, 2.75) is 40.2 Å². The van der Waals surface area contributed by atoms with Crippen molar-refractivity contribution in [2.24, 2.45) is 0 Å². The van der Waals surface area contributed by atoms with Gasteiger partial charge in [0.25, 0.3) is 5.91 Å². The number of nitrogens with one attached hydrogen (secondary N) is 1. The van der Waals surface area contributed by atoms with Crippen LogP contribution in [0.3, 0.4) is 0 Å². The molecule has 0 unspecified atom stereocenters. The Kier molecular flexibility index (Phi) is 6.87. The lowest BCUT2D eigenvalue weighted by Gasteiger charge is -2.18. The molecule has 0 aliphatic heterocycles. The van der Waals surface area contributed by atoms with Gasteiger partial charge in [-0.15, -0.1) is 0 Å². The average molecular weight is 341 g/mol. The average Bonchev–Trinajstić information content (AvgIpc) is 2.59. The molecule has 1 atom stereocenters. The van der Waals surface area contributed by atoms with E-state index < -0.39 is 6.10 Å². The Bertz CT molecular complexity index is 712. The quantitative estimate of drug-likeness (QED) is 0.739. The molecule has 2 rings (SSSR count). The van der Waals surface area contributed by atoms with Crippen LogP contribution in [0.1, 0.15) is 30.0 Å². The summed E-state index contributed by atoms with van der Waals surface area (Å²) in [5, 5.41) is 2.88. The maximum atomic E-state index is 12.3. The van der Waals surface area contributed by atoms with Crippen LogP contribution in [0.4, 0.5) is 0 Å². The van der Waals surface area contributed by atoms with E-state index in [2.05, 4.69) is 12.2 Å². The molecule has 0 spiro atoms. The van der Waals surface area contributed by atoms with E-state index in [0.29, 0.717) is 19.6 Å². The van der Waals surface area contributed by atoms with Gasteiger partial charge in [-0.3, -0.25) is 4.79 Å². The van der Waals surface area contributed by atoms with Crippen molar-refractivity contribution < 1.29 is 14.3 Å². The molecule has 2 aromatic rings. The highest BCUT2D eigenvalue weighted by Crippen LogP contribution is 2.18. The van der Waals surface area contributed by atoms with Crippen molar-refractivity contribution >= 4 is 5.91 Å². The summed E-state index contributed by atoms with van der Waals surface area (Å²) in [5.41, 5.74) is 3.51. The minimum absolute atomic E-state index is 0.117. The molecule has 0 heterocycles. The molecule has 4 nitrogen and oxygen atoms in total. The van der Waals surface area contributed by atoms with Crippen LogP contribution in [-0.2, 0) is 4.79 Å². The highest BCUT2D eigenvalue weighted by molar-refractivity contribution is 5.81. The predicted molar refractivity (Wildman–Crippen MR) is 100 cm³/mol. The number of rotatable bonds is 8. The van der Waals surface area contributed by atoms with E-state index >= 15 is 0 Å². The zero-order chi connectivity index (χ0) is 18.2. The van der Waals surface area contributed by atoms with Crippen LogP contribution < -0.4 is 14.8 Å². The number of benzene rings is 2. The molecule has 25 heavy (non-hydrogen) atoms. The van der Waals surface area contributed by atoms with E-state index in [1.54, 1.807) is 0 Å². The minimum Gasteiger partial charge on any atom is -0.492 e. The molecule has 0 aromatic heterocycles. The van der Waals surface area contributed by atoms with E-state index in [1.807, 2.05) is 63.2 Å². The number of hydrogen-bond acceptors (Lipinski definition) is 3. The molecule has 1 amide bonds. The Morgan fingerprint density at radius 2 is 1.84 bits per heavy atom. The van der Waals surface area contributed by atoms with Gasteiger partial charge >= 0.3 is 0 Å². The van der Waals surface area contributed by atoms with E-state index in [4.69, 9.17) is 9.47 Å². The van der Waals surface area contributed by atoms with E-state index in [9.17, 15) is 4.79 Å². The van der Waals surface area contributed by atoms with Crippen LogP contribution in [0, 0.1) is 20.8 Å². The third-order valence-electron chi connectivity index (χ3n) is 4.08. The molecule has 4 heteroatoms. The van der Waals surface area contributed by atoms with Gasteiger partial charge in [-0.25, -0.2) is 0 Å². The number of aryl methyl sites for hydroxylation is 3. The van der Waals surface area contributed by atoms with Gasteiger partial charge in [-0.1, -0.05) is 25.1 Å². The molecule has 0 aliphatic rings. The third kappa shape index (κ3) is 5.82. The standard InChI is InChI=1S/C21H27NO3/c1-5-20(25-19-10-9-16(3)17(4)14-19)21(23)22-11-12-24-18-8-6-7-15(2)13-18/h6-10,13-14,20H,5,11-12H2,1-4H3,(H,22,23)/t20-/m0/s1. The van der Waals surface area contributed by atoms with Crippen molar-refractivity contribution in [3.05, 3.63) is 59.2 Å². The van der Waals surface area contributed by atoms with Crippen LogP contribution >= 0.6 is 0 Å². The van der Waals surface area contributed by atoms with Crippen LogP contribution in [0.15, 0.2) is 42.5 Å². The van der Waals surface area contributed by atoms with Crippen LogP contribution in [0.5, 0.6) is 11.5 Å². The van der Waals surface area contributed by atoms with Crippen molar-refractivity contribution in [1.29, 1.82) is 0 Å². The monoisotopic (exact) mass is 341 g/mol. The lowest BCUT2D eigenvalue weighted by atomic mass is 10.1. The van der Waals surface area contributed by atoms with Crippen LogP contribution in [0.25, 0.3) is 0 Å². The highest BCUT2D eigenvalue weighted by atomic mass is 16.5. The molecule has 0 saturated carbocycles. The first-order valence-corrected chi connectivity index (χ1v) is 8.70. The van der Waals surface area contributed by atoms with Crippen molar-refractivity contribution in [3.8, 4) is 11.5 Å². The lowest BCUT2D eigenvalue weighted by Crippen LogP contribution is -2.39. The fourth-order valence-electron chi connectivity index (χ4n) is 2.44. The summed E-state index contributed by atoms with van der Waals surface area (Å²) in [4.78, 5) is 12.3. The van der Waals surface area contributed by atoms with Crippen molar-refractivity contribution in [1.82, 2.24) is 5.32 Å². The van der Waals surface area contributed by atoms with Gasteiger partial charge in [0.2, 0.25) is 0 Å². The molecule has 0 radical (unpaired) electrons. The fourth-order valence-corrected chi connectivity index (χ4v) is 2.44. The van der Waals surface area contributed by atoms with Crippen LogP contribution in [-0.4, -0.2) is 25.2 Å². The van der Waals surface area contributed by atoms with E-state index in [1.165, 1.54) is 5.56 Å². The Hall–Kier alpha value is -2.49. The summed E-state index contributed by atoms with van der Waals surface area (Å²) >= 11 is 0.